The molecule has 1 rings (SSSR count). The van der Waals surface area contributed by atoms with E-state index in [1.54, 1.807) is 0 Å². The molecular formula is C10H21N3S. The number of nitrogens with one attached hydrogen (secondary N) is 1. The number of nitrogens with two attached hydrogens (primary N) is 1. The molecule has 1 unspecified atom stereocenters. The Morgan fingerprint density at radius 1 is 1.64 bits per heavy atom. The SMILES string of the molecule is CSC(C)CN=C(N)NCC1CCC1. The van der Waals surface area contributed by atoms with Crippen molar-refractivity contribution in [3.63, 3.8) is 0 Å². The molecule has 1 atom stereocenters. The number of nitrogens with zero attached hydrogens (tertiary/aromatic N) is 1. The van der Waals surface area contributed by atoms with Crippen LogP contribution in [-0.2, 0) is 0 Å². The third kappa shape index (κ3) is 4.22. The van der Waals surface area contributed by atoms with E-state index >= 15 is 0 Å². The van der Waals surface area contributed by atoms with Crippen LogP contribution in [0.4, 0.5) is 0 Å². The summed E-state index contributed by atoms with van der Waals surface area (Å²) in [7, 11) is 0. The average molecular weight is 215 g/mol. The monoisotopic (exact) mass is 215 g/mol. The lowest BCUT2D eigenvalue weighted by Gasteiger charge is -2.25. The van der Waals surface area contributed by atoms with Crippen LogP contribution in [0.15, 0.2) is 4.99 Å². The minimum Gasteiger partial charge on any atom is -0.370 e. The molecule has 14 heavy (non-hydrogen) atoms. The molecule has 0 bridgehead atoms. The van der Waals surface area contributed by atoms with Gasteiger partial charge in [0.15, 0.2) is 5.96 Å². The topological polar surface area (TPSA) is 50.4 Å². The quantitative estimate of drug-likeness (QED) is 0.539. The van der Waals surface area contributed by atoms with E-state index in [0.717, 1.165) is 19.0 Å². The van der Waals surface area contributed by atoms with Crippen LogP contribution in [0.3, 0.4) is 0 Å². The Bertz CT molecular complexity index is 190. The maximum atomic E-state index is 5.73. The van der Waals surface area contributed by atoms with E-state index < -0.39 is 0 Å². The molecule has 0 aromatic rings. The lowest BCUT2D eigenvalue weighted by Crippen LogP contribution is -2.37. The second-order valence-electron chi connectivity index (χ2n) is 3.95. The standard InChI is InChI=1S/C10H21N3S/c1-8(14-2)6-12-10(11)13-7-9-4-3-5-9/h8-9H,3-7H2,1-2H3,(H3,11,12,13). The highest BCUT2D eigenvalue weighted by Crippen LogP contribution is 2.24. The van der Waals surface area contributed by atoms with Gasteiger partial charge in [0.1, 0.15) is 0 Å². The fourth-order valence-corrected chi connectivity index (χ4v) is 1.53. The maximum absolute atomic E-state index is 5.73. The van der Waals surface area contributed by atoms with Gasteiger partial charge in [0.2, 0.25) is 0 Å². The molecule has 0 heterocycles. The van der Waals surface area contributed by atoms with Gasteiger partial charge in [-0.05, 0) is 25.0 Å². The first-order valence-electron chi connectivity index (χ1n) is 5.29. The molecule has 0 spiro atoms. The van der Waals surface area contributed by atoms with Crippen LogP contribution in [0.25, 0.3) is 0 Å². The molecule has 0 aromatic heterocycles. The van der Waals surface area contributed by atoms with Crippen LogP contribution in [0, 0.1) is 5.92 Å². The van der Waals surface area contributed by atoms with Gasteiger partial charge < -0.3 is 11.1 Å². The predicted octanol–water partition coefficient (Wildman–Crippen LogP) is 1.44. The van der Waals surface area contributed by atoms with Crippen molar-refractivity contribution in [2.45, 2.75) is 31.4 Å². The van der Waals surface area contributed by atoms with Gasteiger partial charge in [0.25, 0.3) is 0 Å². The molecule has 0 amide bonds. The Hall–Kier alpha value is -0.380. The van der Waals surface area contributed by atoms with Gasteiger partial charge >= 0.3 is 0 Å². The number of rotatable bonds is 5. The van der Waals surface area contributed by atoms with Crippen molar-refractivity contribution in [2.75, 3.05) is 19.3 Å². The van der Waals surface area contributed by atoms with Gasteiger partial charge in [-0.25, -0.2) is 0 Å². The number of hydrogen-bond donors (Lipinski definition) is 2. The minimum absolute atomic E-state index is 0.555. The molecular weight excluding hydrogens is 194 g/mol. The highest BCUT2D eigenvalue weighted by atomic mass is 32.2. The lowest BCUT2D eigenvalue weighted by molar-refractivity contribution is 0.315. The second-order valence-corrected chi connectivity index (χ2v) is 5.23. The van der Waals surface area contributed by atoms with Gasteiger partial charge in [0, 0.05) is 11.8 Å². The fraction of sp³-hybridized carbons (Fsp3) is 0.900. The van der Waals surface area contributed by atoms with Crippen LogP contribution in [-0.4, -0.2) is 30.6 Å². The van der Waals surface area contributed by atoms with E-state index in [4.69, 9.17) is 5.73 Å². The molecule has 1 fully saturated rings. The van der Waals surface area contributed by atoms with E-state index in [9.17, 15) is 0 Å². The van der Waals surface area contributed by atoms with Crippen LogP contribution >= 0.6 is 11.8 Å². The van der Waals surface area contributed by atoms with Crippen molar-refractivity contribution in [3.05, 3.63) is 0 Å². The van der Waals surface area contributed by atoms with E-state index in [-0.39, 0.29) is 0 Å². The summed E-state index contributed by atoms with van der Waals surface area (Å²) in [5, 5.41) is 3.74. The van der Waals surface area contributed by atoms with E-state index in [2.05, 4.69) is 23.5 Å². The zero-order valence-electron chi connectivity index (χ0n) is 9.12. The highest BCUT2D eigenvalue weighted by Gasteiger charge is 2.16. The number of aliphatic imine (C=N–C) groups is 1. The molecule has 3 N–H and O–H groups in total. The summed E-state index contributed by atoms with van der Waals surface area (Å²) < 4.78 is 0. The molecule has 0 saturated heterocycles. The Morgan fingerprint density at radius 2 is 2.36 bits per heavy atom. The maximum Gasteiger partial charge on any atom is 0.188 e. The number of thioether (sulfide) groups is 1. The average Bonchev–Trinajstić information content (AvgIpc) is 2.11. The molecule has 0 aromatic carbocycles. The smallest absolute Gasteiger partial charge is 0.188 e. The van der Waals surface area contributed by atoms with Crippen molar-refractivity contribution in [2.24, 2.45) is 16.6 Å². The third-order valence-corrected chi connectivity index (χ3v) is 3.67. The Morgan fingerprint density at radius 3 is 2.86 bits per heavy atom. The van der Waals surface area contributed by atoms with E-state index in [1.807, 2.05) is 11.8 Å². The van der Waals surface area contributed by atoms with Crippen molar-refractivity contribution >= 4 is 17.7 Å². The summed E-state index contributed by atoms with van der Waals surface area (Å²) in [6.45, 7) is 3.97. The van der Waals surface area contributed by atoms with Gasteiger partial charge in [-0.15, -0.1) is 0 Å². The summed E-state index contributed by atoms with van der Waals surface area (Å²) in [6, 6.07) is 0. The fourth-order valence-electron chi connectivity index (χ4n) is 1.30. The summed E-state index contributed by atoms with van der Waals surface area (Å²) in [4.78, 5) is 4.29. The summed E-state index contributed by atoms with van der Waals surface area (Å²) in [5.74, 6) is 1.44. The minimum atomic E-state index is 0.555. The zero-order chi connectivity index (χ0) is 10.4. The Kier molecular flexibility index (Phi) is 5.15. The molecule has 4 heteroatoms. The van der Waals surface area contributed by atoms with E-state index in [0.29, 0.717) is 11.2 Å². The van der Waals surface area contributed by atoms with Crippen molar-refractivity contribution < 1.29 is 0 Å². The number of guanidine groups is 1. The molecule has 0 aliphatic heterocycles. The molecule has 1 aliphatic rings. The zero-order valence-corrected chi connectivity index (χ0v) is 9.94. The van der Waals surface area contributed by atoms with Gasteiger partial charge in [-0.1, -0.05) is 13.3 Å². The van der Waals surface area contributed by atoms with Gasteiger partial charge in [-0.2, -0.15) is 11.8 Å². The first-order valence-corrected chi connectivity index (χ1v) is 6.57. The van der Waals surface area contributed by atoms with Gasteiger partial charge in [0.05, 0.1) is 6.54 Å². The van der Waals surface area contributed by atoms with Crippen molar-refractivity contribution in [1.29, 1.82) is 0 Å². The molecule has 3 nitrogen and oxygen atoms in total. The summed E-state index contributed by atoms with van der Waals surface area (Å²) in [6.07, 6.45) is 6.17. The normalized spacial score (nSPS) is 20.3. The highest BCUT2D eigenvalue weighted by molar-refractivity contribution is 7.99. The van der Waals surface area contributed by atoms with Gasteiger partial charge in [-0.3, -0.25) is 4.99 Å². The van der Waals surface area contributed by atoms with Crippen molar-refractivity contribution in [1.82, 2.24) is 5.32 Å². The third-order valence-electron chi connectivity index (χ3n) is 2.72. The predicted molar refractivity (Wildman–Crippen MR) is 64.8 cm³/mol. The van der Waals surface area contributed by atoms with Crippen molar-refractivity contribution in [3.8, 4) is 0 Å². The largest absolute Gasteiger partial charge is 0.370 e. The van der Waals surface area contributed by atoms with Crippen LogP contribution in [0.5, 0.6) is 0 Å². The Balaban J connectivity index is 2.09. The van der Waals surface area contributed by atoms with Crippen LogP contribution in [0.1, 0.15) is 26.2 Å². The van der Waals surface area contributed by atoms with Crippen LogP contribution < -0.4 is 11.1 Å². The van der Waals surface area contributed by atoms with Crippen LogP contribution in [0.2, 0.25) is 0 Å². The number of hydrogen-bond acceptors (Lipinski definition) is 2. The molecule has 1 aliphatic carbocycles. The summed E-state index contributed by atoms with van der Waals surface area (Å²) in [5.41, 5.74) is 5.73. The molecule has 0 radical (unpaired) electrons. The first-order chi connectivity index (χ1) is 6.72. The molecule has 1 saturated carbocycles. The molecule has 82 valence electrons. The summed E-state index contributed by atoms with van der Waals surface area (Å²) >= 11 is 1.82. The second kappa shape index (κ2) is 6.17. The Labute approximate surface area is 90.9 Å². The first kappa shape index (κ1) is 11.7. The lowest BCUT2D eigenvalue weighted by atomic mass is 9.85. The van der Waals surface area contributed by atoms with E-state index in [1.165, 1.54) is 19.3 Å².